The number of hydrogen-bond donors (Lipinski definition) is 1. The van der Waals surface area contributed by atoms with Crippen molar-refractivity contribution in [1.29, 1.82) is 0 Å². The highest BCUT2D eigenvalue weighted by Crippen LogP contribution is 2.51. The summed E-state index contributed by atoms with van der Waals surface area (Å²) in [6, 6.07) is 9.80. The van der Waals surface area contributed by atoms with Crippen molar-refractivity contribution in [1.82, 2.24) is 5.32 Å². The molecule has 0 aliphatic heterocycles. The van der Waals surface area contributed by atoms with Crippen LogP contribution in [0.25, 0.3) is 0 Å². The maximum absolute atomic E-state index is 12.8. The van der Waals surface area contributed by atoms with Gasteiger partial charge in [0.2, 0.25) is 5.91 Å². The summed E-state index contributed by atoms with van der Waals surface area (Å²) in [6.45, 7) is 0.475. The van der Waals surface area contributed by atoms with Gasteiger partial charge in [-0.3, -0.25) is 4.79 Å². The van der Waals surface area contributed by atoms with Gasteiger partial charge in [-0.1, -0.05) is 18.2 Å². The van der Waals surface area contributed by atoms with Crippen LogP contribution in [-0.2, 0) is 14.9 Å². The number of benzene rings is 1. The predicted octanol–water partition coefficient (Wildman–Crippen LogP) is 3.29. The zero-order chi connectivity index (χ0) is 16.3. The molecular weight excluding hydrogens is 310 g/mol. The fraction of sp³-hybridized carbons (Fsp3) is 0.389. The van der Waals surface area contributed by atoms with Crippen molar-refractivity contribution in [3.63, 3.8) is 0 Å². The first-order valence-corrected chi connectivity index (χ1v) is 8.62. The van der Waals surface area contributed by atoms with Gasteiger partial charge in [0, 0.05) is 19.2 Å². The first-order valence-electron chi connectivity index (χ1n) is 7.68. The Morgan fingerprint density at radius 3 is 2.70 bits per heavy atom. The molecule has 0 saturated heterocycles. The highest BCUT2D eigenvalue weighted by molar-refractivity contribution is 7.07. The smallest absolute Gasteiger partial charge is 0.230 e. The molecular formula is C18H21NO3S. The van der Waals surface area contributed by atoms with Crippen LogP contribution in [0.5, 0.6) is 5.75 Å². The fourth-order valence-corrected chi connectivity index (χ4v) is 3.64. The Labute approximate surface area is 140 Å². The lowest BCUT2D eigenvalue weighted by Gasteiger charge is -2.21. The number of rotatable bonds is 7. The number of methoxy groups -OCH3 is 2. The van der Waals surface area contributed by atoms with Gasteiger partial charge in [-0.05, 0) is 41.3 Å². The predicted molar refractivity (Wildman–Crippen MR) is 91.0 cm³/mol. The molecule has 23 heavy (non-hydrogen) atoms. The van der Waals surface area contributed by atoms with E-state index in [0.29, 0.717) is 6.54 Å². The fourth-order valence-electron chi connectivity index (χ4n) is 2.93. The monoisotopic (exact) mass is 331 g/mol. The Morgan fingerprint density at radius 2 is 2.09 bits per heavy atom. The average Bonchev–Trinajstić information content (AvgIpc) is 3.23. The quantitative estimate of drug-likeness (QED) is 0.847. The van der Waals surface area contributed by atoms with Crippen LogP contribution in [0, 0.1) is 0 Å². The molecule has 1 amide bonds. The Bertz CT molecular complexity index is 665. The lowest BCUT2D eigenvalue weighted by molar-refractivity contribution is -0.124. The van der Waals surface area contributed by atoms with Crippen LogP contribution in [-0.4, -0.2) is 26.7 Å². The van der Waals surface area contributed by atoms with E-state index >= 15 is 0 Å². The van der Waals surface area contributed by atoms with Gasteiger partial charge in [-0.25, -0.2) is 0 Å². The molecule has 2 aromatic rings. The van der Waals surface area contributed by atoms with Gasteiger partial charge in [0.25, 0.3) is 0 Å². The number of amides is 1. The largest absolute Gasteiger partial charge is 0.496 e. The Morgan fingerprint density at radius 1 is 1.30 bits per heavy atom. The SMILES string of the molecule is COc1ccccc1C1(C(=O)NCC(OC)c2ccsc2)CC1. The van der Waals surface area contributed by atoms with Gasteiger partial charge in [0.05, 0.1) is 12.5 Å². The molecule has 1 aliphatic rings. The van der Waals surface area contributed by atoms with Crippen molar-refractivity contribution >= 4 is 17.2 Å². The highest BCUT2D eigenvalue weighted by Gasteiger charge is 2.52. The third-order valence-corrected chi connectivity index (χ3v) is 5.16. The third kappa shape index (κ3) is 3.12. The first-order chi connectivity index (χ1) is 11.2. The van der Waals surface area contributed by atoms with Gasteiger partial charge in [0.1, 0.15) is 11.9 Å². The van der Waals surface area contributed by atoms with E-state index in [1.165, 1.54) is 0 Å². The standard InChI is InChI=1S/C18H21NO3S/c1-21-15-6-4-3-5-14(15)18(8-9-18)17(20)19-11-16(22-2)13-7-10-23-12-13/h3-7,10,12,16H,8-9,11H2,1-2H3,(H,19,20). The van der Waals surface area contributed by atoms with E-state index in [0.717, 1.165) is 29.7 Å². The van der Waals surface area contributed by atoms with Gasteiger partial charge < -0.3 is 14.8 Å². The zero-order valence-electron chi connectivity index (χ0n) is 13.4. The van der Waals surface area contributed by atoms with Crippen LogP contribution in [0.15, 0.2) is 41.1 Å². The van der Waals surface area contributed by atoms with E-state index in [1.807, 2.05) is 41.1 Å². The molecule has 3 rings (SSSR count). The molecule has 1 saturated carbocycles. The summed E-state index contributed by atoms with van der Waals surface area (Å²) in [5.74, 6) is 0.834. The van der Waals surface area contributed by atoms with Gasteiger partial charge in [0.15, 0.2) is 0 Å². The number of ether oxygens (including phenoxy) is 2. The van der Waals surface area contributed by atoms with Crippen molar-refractivity contribution in [3.05, 3.63) is 52.2 Å². The van der Waals surface area contributed by atoms with Crippen molar-refractivity contribution in [3.8, 4) is 5.75 Å². The van der Waals surface area contributed by atoms with Crippen molar-refractivity contribution in [2.45, 2.75) is 24.4 Å². The van der Waals surface area contributed by atoms with Crippen LogP contribution in [0.3, 0.4) is 0 Å². The highest BCUT2D eigenvalue weighted by atomic mass is 32.1. The van der Waals surface area contributed by atoms with E-state index in [9.17, 15) is 4.79 Å². The second-order valence-corrected chi connectivity index (χ2v) is 6.55. The van der Waals surface area contributed by atoms with Gasteiger partial charge in [-0.2, -0.15) is 11.3 Å². The number of nitrogens with one attached hydrogen (secondary N) is 1. The maximum atomic E-state index is 12.8. The Kier molecular flexibility index (Phi) is 4.68. The second-order valence-electron chi connectivity index (χ2n) is 5.77. The van der Waals surface area contributed by atoms with E-state index in [4.69, 9.17) is 9.47 Å². The molecule has 5 heteroatoms. The minimum absolute atomic E-state index is 0.0549. The molecule has 1 N–H and O–H groups in total. The Hall–Kier alpha value is -1.85. The normalized spacial score (nSPS) is 16.6. The lowest BCUT2D eigenvalue weighted by Crippen LogP contribution is -2.37. The number of carbonyl (C=O) groups excluding carboxylic acids is 1. The van der Waals surface area contributed by atoms with E-state index in [1.54, 1.807) is 25.6 Å². The minimum atomic E-state index is -0.445. The topological polar surface area (TPSA) is 47.6 Å². The molecule has 1 unspecified atom stereocenters. The first kappa shape index (κ1) is 16.0. The molecule has 1 heterocycles. The molecule has 1 fully saturated rings. The molecule has 1 aliphatic carbocycles. The molecule has 1 atom stereocenters. The molecule has 1 aromatic heterocycles. The third-order valence-electron chi connectivity index (χ3n) is 4.45. The molecule has 122 valence electrons. The van der Waals surface area contributed by atoms with E-state index in [2.05, 4.69) is 5.32 Å². The van der Waals surface area contributed by atoms with Crippen molar-refractivity contribution in [2.75, 3.05) is 20.8 Å². The summed E-state index contributed by atoms with van der Waals surface area (Å²) in [4.78, 5) is 12.8. The number of para-hydroxylation sites is 1. The maximum Gasteiger partial charge on any atom is 0.230 e. The van der Waals surface area contributed by atoms with Gasteiger partial charge in [-0.15, -0.1) is 0 Å². The second kappa shape index (κ2) is 6.72. The molecule has 0 radical (unpaired) electrons. The van der Waals surface area contributed by atoms with Crippen LogP contribution in [0.1, 0.15) is 30.1 Å². The van der Waals surface area contributed by atoms with Gasteiger partial charge >= 0.3 is 0 Å². The summed E-state index contributed by atoms with van der Waals surface area (Å²) in [5.41, 5.74) is 1.63. The molecule has 4 nitrogen and oxygen atoms in total. The number of thiophene rings is 1. The molecule has 0 spiro atoms. The number of carbonyl (C=O) groups is 1. The van der Waals surface area contributed by atoms with Crippen molar-refractivity contribution in [2.24, 2.45) is 0 Å². The Balaban J connectivity index is 1.70. The summed E-state index contributed by atoms with van der Waals surface area (Å²) in [7, 11) is 3.31. The van der Waals surface area contributed by atoms with Crippen LogP contribution >= 0.6 is 11.3 Å². The lowest BCUT2D eigenvalue weighted by atomic mass is 9.94. The zero-order valence-corrected chi connectivity index (χ0v) is 14.2. The van der Waals surface area contributed by atoms with E-state index in [-0.39, 0.29) is 12.0 Å². The van der Waals surface area contributed by atoms with Crippen molar-refractivity contribution < 1.29 is 14.3 Å². The molecule has 0 bridgehead atoms. The van der Waals surface area contributed by atoms with Crippen LogP contribution < -0.4 is 10.1 Å². The summed E-state index contributed by atoms with van der Waals surface area (Å²) in [5, 5.41) is 7.12. The average molecular weight is 331 g/mol. The summed E-state index contributed by atoms with van der Waals surface area (Å²) in [6.07, 6.45) is 1.60. The summed E-state index contributed by atoms with van der Waals surface area (Å²) < 4.78 is 10.9. The minimum Gasteiger partial charge on any atom is -0.496 e. The molecule has 1 aromatic carbocycles. The van der Waals surface area contributed by atoms with Crippen LogP contribution in [0.4, 0.5) is 0 Å². The van der Waals surface area contributed by atoms with Crippen LogP contribution in [0.2, 0.25) is 0 Å². The van der Waals surface area contributed by atoms with E-state index < -0.39 is 5.41 Å². The summed E-state index contributed by atoms with van der Waals surface area (Å²) >= 11 is 1.63. The number of hydrogen-bond acceptors (Lipinski definition) is 4.